The average Bonchev–Trinajstić information content (AvgIpc) is 3.00. The number of aromatic nitrogens is 2. The van der Waals surface area contributed by atoms with Crippen LogP contribution < -0.4 is 0 Å². The Morgan fingerprint density at radius 2 is 1.96 bits per heavy atom. The third kappa shape index (κ3) is 2.60. The van der Waals surface area contributed by atoms with Crippen molar-refractivity contribution < 1.29 is 14.8 Å². The molecule has 3 aromatic rings. The van der Waals surface area contributed by atoms with E-state index in [1.165, 1.54) is 0 Å². The number of hydrogen-bond acceptors (Lipinski definition) is 5. The summed E-state index contributed by atoms with van der Waals surface area (Å²) in [6.45, 7) is 3.61. The molecule has 1 unspecified atom stereocenters. The zero-order valence-corrected chi connectivity index (χ0v) is 13.7. The first-order valence-corrected chi connectivity index (χ1v) is 8.20. The number of fused-ring (bicyclic) bond motifs is 1. The van der Waals surface area contributed by atoms with Gasteiger partial charge in [0.15, 0.2) is 0 Å². The van der Waals surface area contributed by atoms with Gasteiger partial charge in [-0.05, 0) is 83.4 Å². The SMILES string of the molecule is CC(O)c1cccc(-c2cc(C3CC(C)(O)C3)c3nonc3c2)c1. The molecule has 1 atom stereocenters. The molecule has 1 fully saturated rings. The van der Waals surface area contributed by atoms with Crippen molar-refractivity contribution in [2.45, 2.75) is 44.3 Å². The highest BCUT2D eigenvalue weighted by molar-refractivity contribution is 5.84. The van der Waals surface area contributed by atoms with E-state index in [2.05, 4.69) is 16.4 Å². The van der Waals surface area contributed by atoms with E-state index in [0.717, 1.165) is 33.3 Å². The van der Waals surface area contributed by atoms with Crippen LogP contribution in [0.15, 0.2) is 41.0 Å². The van der Waals surface area contributed by atoms with Gasteiger partial charge in [-0.1, -0.05) is 18.2 Å². The smallest absolute Gasteiger partial charge is 0.138 e. The lowest BCUT2D eigenvalue weighted by molar-refractivity contribution is -0.0310. The topological polar surface area (TPSA) is 79.4 Å². The molecule has 2 aromatic carbocycles. The van der Waals surface area contributed by atoms with Crippen LogP contribution in [0.4, 0.5) is 0 Å². The van der Waals surface area contributed by atoms with Gasteiger partial charge in [-0.2, -0.15) is 0 Å². The number of hydrogen-bond donors (Lipinski definition) is 2. The lowest BCUT2D eigenvalue weighted by Gasteiger charge is -2.41. The van der Waals surface area contributed by atoms with Crippen LogP contribution >= 0.6 is 0 Å². The normalized spacial score (nSPS) is 24.8. The summed E-state index contributed by atoms with van der Waals surface area (Å²) in [5.74, 6) is 0.259. The Balaban J connectivity index is 1.81. The van der Waals surface area contributed by atoms with Gasteiger partial charge >= 0.3 is 0 Å². The number of aliphatic hydroxyl groups excluding tert-OH is 1. The molecule has 5 heteroatoms. The maximum absolute atomic E-state index is 10.1. The van der Waals surface area contributed by atoms with Crippen LogP contribution in [-0.2, 0) is 0 Å². The summed E-state index contributed by atoms with van der Waals surface area (Å²) in [5, 5.41) is 27.9. The number of rotatable bonds is 3. The van der Waals surface area contributed by atoms with E-state index in [4.69, 9.17) is 4.63 Å². The number of benzene rings is 2. The highest BCUT2D eigenvalue weighted by Crippen LogP contribution is 2.46. The van der Waals surface area contributed by atoms with Crippen molar-refractivity contribution in [3.05, 3.63) is 47.5 Å². The van der Waals surface area contributed by atoms with Crippen molar-refractivity contribution in [1.29, 1.82) is 0 Å². The van der Waals surface area contributed by atoms with Gasteiger partial charge in [-0.25, -0.2) is 4.63 Å². The van der Waals surface area contributed by atoms with Gasteiger partial charge in [-0.15, -0.1) is 0 Å². The van der Waals surface area contributed by atoms with Crippen molar-refractivity contribution in [3.63, 3.8) is 0 Å². The molecule has 0 radical (unpaired) electrons. The van der Waals surface area contributed by atoms with Crippen molar-refractivity contribution in [1.82, 2.24) is 10.3 Å². The summed E-state index contributed by atoms with van der Waals surface area (Å²) >= 11 is 0. The minimum atomic E-state index is -0.601. The highest BCUT2D eigenvalue weighted by Gasteiger charge is 2.40. The first-order chi connectivity index (χ1) is 11.4. The Bertz CT molecular complexity index is 891. The second-order valence-corrected chi connectivity index (χ2v) is 7.10. The van der Waals surface area contributed by atoms with E-state index in [1.807, 2.05) is 37.3 Å². The van der Waals surface area contributed by atoms with Crippen LogP contribution in [-0.4, -0.2) is 26.1 Å². The van der Waals surface area contributed by atoms with E-state index in [0.29, 0.717) is 12.8 Å². The quantitative estimate of drug-likeness (QED) is 0.770. The number of nitrogens with zero attached hydrogens (tertiary/aromatic N) is 2. The summed E-state index contributed by atoms with van der Waals surface area (Å²) in [6.07, 6.45) is 0.918. The summed E-state index contributed by atoms with van der Waals surface area (Å²) < 4.78 is 4.93. The minimum Gasteiger partial charge on any atom is -0.390 e. The standard InChI is InChI=1S/C19H20N2O3/c1-11(22)12-4-3-5-13(6-12)14-7-16(15-9-19(2,23)10-15)18-17(8-14)20-24-21-18/h3-8,11,15,22-23H,9-10H2,1-2H3. The molecule has 1 aliphatic carbocycles. The van der Waals surface area contributed by atoms with Gasteiger partial charge in [0.1, 0.15) is 11.0 Å². The van der Waals surface area contributed by atoms with Crippen molar-refractivity contribution in [3.8, 4) is 11.1 Å². The minimum absolute atomic E-state index is 0.259. The Kier molecular flexibility index (Phi) is 3.44. The largest absolute Gasteiger partial charge is 0.390 e. The fourth-order valence-corrected chi connectivity index (χ4v) is 3.59. The van der Waals surface area contributed by atoms with Gasteiger partial charge in [-0.3, -0.25) is 0 Å². The molecule has 1 saturated carbocycles. The molecule has 5 nitrogen and oxygen atoms in total. The molecule has 1 heterocycles. The summed E-state index contributed by atoms with van der Waals surface area (Å²) in [7, 11) is 0. The molecule has 4 rings (SSSR count). The molecule has 124 valence electrons. The Morgan fingerprint density at radius 3 is 2.67 bits per heavy atom. The summed E-state index contributed by atoms with van der Waals surface area (Å²) in [5.41, 5.74) is 4.86. The molecular weight excluding hydrogens is 304 g/mol. The predicted octanol–water partition coefficient (Wildman–Crippen LogP) is 3.57. The van der Waals surface area contributed by atoms with E-state index in [-0.39, 0.29) is 5.92 Å². The predicted molar refractivity (Wildman–Crippen MR) is 90.5 cm³/mol. The molecule has 0 amide bonds. The van der Waals surface area contributed by atoms with Crippen LogP contribution in [0, 0.1) is 0 Å². The van der Waals surface area contributed by atoms with E-state index in [1.54, 1.807) is 6.92 Å². The lowest BCUT2D eigenvalue weighted by Crippen LogP contribution is -2.39. The third-order valence-corrected chi connectivity index (χ3v) is 4.91. The molecule has 0 spiro atoms. The molecular formula is C19H20N2O3. The molecule has 0 aliphatic heterocycles. The number of aliphatic hydroxyl groups is 2. The van der Waals surface area contributed by atoms with Crippen molar-refractivity contribution in [2.24, 2.45) is 0 Å². The zero-order valence-electron chi connectivity index (χ0n) is 13.7. The lowest BCUT2D eigenvalue weighted by atomic mass is 9.68. The Morgan fingerprint density at radius 1 is 1.17 bits per heavy atom. The second kappa shape index (κ2) is 5.40. The van der Waals surface area contributed by atoms with Gasteiger partial charge in [0, 0.05) is 0 Å². The first-order valence-electron chi connectivity index (χ1n) is 8.20. The van der Waals surface area contributed by atoms with E-state index < -0.39 is 11.7 Å². The van der Waals surface area contributed by atoms with E-state index >= 15 is 0 Å². The summed E-state index contributed by atoms with van der Waals surface area (Å²) in [4.78, 5) is 0. The first kappa shape index (κ1) is 15.3. The molecule has 0 bridgehead atoms. The fourth-order valence-electron chi connectivity index (χ4n) is 3.59. The van der Waals surface area contributed by atoms with Crippen molar-refractivity contribution >= 4 is 11.0 Å². The fraction of sp³-hybridized carbons (Fsp3) is 0.368. The molecule has 2 N–H and O–H groups in total. The molecule has 24 heavy (non-hydrogen) atoms. The van der Waals surface area contributed by atoms with Gasteiger partial charge in [0.25, 0.3) is 0 Å². The van der Waals surface area contributed by atoms with Gasteiger partial charge < -0.3 is 10.2 Å². The van der Waals surface area contributed by atoms with Crippen LogP contribution in [0.5, 0.6) is 0 Å². The van der Waals surface area contributed by atoms with Crippen LogP contribution in [0.3, 0.4) is 0 Å². The maximum Gasteiger partial charge on any atom is 0.138 e. The maximum atomic E-state index is 10.1. The Labute approximate surface area is 139 Å². The monoisotopic (exact) mass is 324 g/mol. The molecule has 0 saturated heterocycles. The Hall–Kier alpha value is -2.24. The molecule has 1 aliphatic rings. The zero-order chi connectivity index (χ0) is 16.9. The van der Waals surface area contributed by atoms with Gasteiger partial charge in [0.05, 0.1) is 11.7 Å². The van der Waals surface area contributed by atoms with Crippen LogP contribution in [0.2, 0.25) is 0 Å². The molecule has 1 aromatic heterocycles. The van der Waals surface area contributed by atoms with Gasteiger partial charge in [0.2, 0.25) is 0 Å². The van der Waals surface area contributed by atoms with Crippen LogP contribution in [0.1, 0.15) is 49.8 Å². The van der Waals surface area contributed by atoms with Crippen molar-refractivity contribution in [2.75, 3.05) is 0 Å². The average molecular weight is 324 g/mol. The summed E-state index contributed by atoms with van der Waals surface area (Å²) in [6, 6.07) is 11.9. The second-order valence-electron chi connectivity index (χ2n) is 7.10. The third-order valence-electron chi connectivity index (χ3n) is 4.91. The van der Waals surface area contributed by atoms with Crippen LogP contribution in [0.25, 0.3) is 22.2 Å². The highest BCUT2D eigenvalue weighted by atomic mass is 16.6. The van der Waals surface area contributed by atoms with E-state index in [9.17, 15) is 10.2 Å².